The third-order valence-electron chi connectivity index (χ3n) is 1.77. The van der Waals surface area contributed by atoms with Gasteiger partial charge in [0.1, 0.15) is 0 Å². The van der Waals surface area contributed by atoms with E-state index in [4.69, 9.17) is 0 Å². The van der Waals surface area contributed by atoms with Crippen LogP contribution in [0.4, 0.5) is 0 Å². The molecule has 0 aliphatic carbocycles. The molecule has 0 aromatic heterocycles. The third kappa shape index (κ3) is 0.759. The van der Waals surface area contributed by atoms with Gasteiger partial charge in [0.2, 0.25) is 0 Å². The van der Waals surface area contributed by atoms with E-state index < -0.39 is 0 Å². The molecule has 1 nitrogen and oxygen atoms in total. The molecule has 0 saturated carbocycles. The van der Waals surface area contributed by atoms with Crippen LogP contribution in [0.5, 0.6) is 0 Å². The highest BCUT2D eigenvalue weighted by molar-refractivity contribution is 8.03. The van der Waals surface area contributed by atoms with Crippen LogP contribution in [-0.4, -0.2) is 18.3 Å². The highest BCUT2D eigenvalue weighted by Crippen LogP contribution is 2.40. The van der Waals surface area contributed by atoms with Gasteiger partial charge in [0.15, 0.2) is 0 Å². The van der Waals surface area contributed by atoms with Crippen LogP contribution < -0.4 is 5.32 Å². The minimum Gasteiger partial charge on any atom is -0.314 e. The van der Waals surface area contributed by atoms with Crippen molar-refractivity contribution in [2.75, 3.05) is 13.1 Å². The molecule has 1 N–H and O–H groups in total. The van der Waals surface area contributed by atoms with Crippen LogP contribution in [-0.2, 0) is 0 Å². The molecule has 0 aromatic rings. The molecule has 2 aliphatic heterocycles. The van der Waals surface area contributed by atoms with Crippen molar-refractivity contribution >= 4 is 11.8 Å². The van der Waals surface area contributed by atoms with E-state index in [1.165, 1.54) is 25.9 Å². The molecule has 1 atom stereocenters. The van der Waals surface area contributed by atoms with Crippen LogP contribution in [0.25, 0.3) is 0 Å². The predicted octanol–water partition coefficient (Wildman–Crippen LogP) is 1.02. The average molecular weight is 128 g/mol. The van der Waals surface area contributed by atoms with Gasteiger partial charge >= 0.3 is 0 Å². The summed E-state index contributed by atoms with van der Waals surface area (Å²) in [4.78, 5) is 0. The fourth-order valence-electron chi connectivity index (χ4n) is 1.32. The van der Waals surface area contributed by atoms with Gasteiger partial charge in [-0.2, -0.15) is 0 Å². The SMILES string of the molecule is C1CC2CNC[C]1S2. The Kier molecular flexibility index (Phi) is 1.23. The van der Waals surface area contributed by atoms with Crippen molar-refractivity contribution in [3.8, 4) is 0 Å². The quantitative estimate of drug-likeness (QED) is 0.522. The van der Waals surface area contributed by atoms with E-state index in [-0.39, 0.29) is 0 Å². The summed E-state index contributed by atoms with van der Waals surface area (Å²) >= 11 is 2.11. The largest absolute Gasteiger partial charge is 0.314 e. The number of nitrogens with one attached hydrogen (secondary N) is 1. The van der Waals surface area contributed by atoms with Crippen molar-refractivity contribution in [2.45, 2.75) is 18.1 Å². The number of fused-ring (bicyclic) bond motifs is 2. The Labute approximate surface area is 54.2 Å². The third-order valence-corrected chi connectivity index (χ3v) is 3.19. The van der Waals surface area contributed by atoms with Gasteiger partial charge < -0.3 is 5.32 Å². The molecule has 1 radical (unpaired) electrons. The average Bonchev–Trinajstić information content (AvgIpc) is 2.12. The van der Waals surface area contributed by atoms with Crippen molar-refractivity contribution < 1.29 is 0 Å². The molecule has 2 heteroatoms. The zero-order chi connectivity index (χ0) is 5.40. The maximum absolute atomic E-state index is 3.39. The predicted molar refractivity (Wildman–Crippen MR) is 36.7 cm³/mol. The number of thioether (sulfide) groups is 1. The smallest absolute Gasteiger partial charge is 0.0446 e. The fraction of sp³-hybridized carbons (Fsp3) is 0.833. The zero-order valence-electron chi connectivity index (χ0n) is 4.81. The van der Waals surface area contributed by atoms with Gasteiger partial charge in [0, 0.05) is 23.6 Å². The molecular weight excluding hydrogens is 118 g/mol. The van der Waals surface area contributed by atoms with Crippen LogP contribution in [0, 0.1) is 5.25 Å². The topological polar surface area (TPSA) is 12.0 Å². The lowest BCUT2D eigenvalue weighted by Gasteiger charge is -2.17. The second-order valence-electron chi connectivity index (χ2n) is 2.45. The maximum atomic E-state index is 3.39. The maximum Gasteiger partial charge on any atom is 0.0446 e. The van der Waals surface area contributed by atoms with E-state index in [1.807, 2.05) is 0 Å². The summed E-state index contributed by atoms with van der Waals surface area (Å²) in [6, 6.07) is 0. The van der Waals surface area contributed by atoms with Crippen LogP contribution in [0.15, 0.2) is 0 Å². The van der Waals surface area contributed by atoms with E-state index in [1.54, 1.807) is 5.25 Å². The van der Waals surface area contributed by atoms with Crippen LogP contribution >= 0.6 is 11.8 Å². The molecule has 2 fully saturated rings. The first-order chi connectivity index (χ1) is 3.95. The standard InChI is InChI=1S/C6H10NS/c1-2-6-4-7-3-5(1)8-6/h5,7H,1-4H2. The molecule has 0 amide bonds. The van der Waals surface area contributed by atoms with Gasteiger partial charge in [-0.05, 0) is 12.8 Å². The summed E-state index contributed by atoms with van der Waals surface area (Å²) in [6.07, 6.45) is 2.80. The van der Waals surface area contributed by atoms with E-state index in [9.17, 15) is 0 Å². The highest BCUT2D eigenvalue weighted by atomic mass is 32.2. The van der Waals surface area contributed by atoms with Gasteiger partial charge in [0.05, 0.1) is 0 Å². The molecule has 1 unspecified atom stereocenters. The van der Waals surface area contributed by atoms with E-state index in [2.05, 4.69) is 17.1 Å². The van der Waals surface area contributed by atoms with Crippen molar-refractivity contribution in [3.05, 3.63) is 5.25 Å². The first-order valence-electron chi connectivity index (χ1n) is 3.17. The highest BCUT2D eigenvalue weighted by Gasteiger charge is 2.28. The molecule has 45 valence electrons. The monoisotopic (exact) mass is 128 g/mol. The summed E-state index contributed by atoms with van der Waals surface area (Å²) < 4.78 is 0. The molecule has 0 spiro atoms. The van der Waals surface area contributed by atoms with E-state index >= 15 is 0 Å². The second-order valence-corrected chi connectivity index (χ2v) is 3.93. The first kappa shape index (κ1) is 5.12. The van der Waals surface area contributed by atoms with Crippen molar-refractivity contribution in [1.29, 1.82) is 0 Å². The molecule has 2 aliphatic rings. The molecule has 2 bridgehead atoms. The first-order valence-corrected chi connectivity index (χ1v) is 4.05. The Bertz CT molecular complexity index is 80.5. The minimum atomic E-state index is 0.929. The number of hydrogen-bond donors (Lipinski definition) is 1. The normalized spacial score (nSPS) is 38.2. The van der Waals surface area contributed by atoms with Crippen LogP contribution in [0.3, 0.4) is 0 Å². The van der Waals surface area contributed by atoms with E-state index in [0.29, 0.717) is 0 Å². The Balaban J connectivity index is 2.03. The lowest BCUT2D eigenvalue weighted by molar-refractivity contribution is 0.715. The Morgan fingerprint density at radius 1 is 1.62 bits per heavy atom. The van der Waals surface area contributed by atoms with Crippen LogP contribution in [0.1, 0.15) is 12.8 Å². The molecule has 8 heavy (non-hydrogen) atoms. The lowest BCUT2D eigenvalue weighted by atomic mass is 10.2. The van der Waals surface area contributed by atoms with Gasteiger partial charge in [0.25, 0.3) is 0 Å². The summed E-state index contributed by atoms with van der Waals surface area (Å²) in [5.74, 6) is 0. The van der Waals surface area contributed by atoms with Gasteiger partial charge in [-0.25, -0.2) is 0 Å². The number of rotatable bonds is 0. The van der Waals surface area contributed by atoms with Crippen molar-refractivity contribution in [2.24, 2.45) is 0 Å². The van der Waals surface area contributed by atoms with Crippen molar-refractivity contribution in [3.63, 3.8) is 0 Å². The molecule has 2 heterocycles. The van der Waals surface area contributed by atoms with Crippen molar-refractivity contribution in [1.82, 2.24) is 5.32 Å². The van der Waals surface area contributed by atoms with E-state index in [0.717, 1.165) is 5.25 Å². The minimum absolute atomic E-state index is 0.929. The molecular formula is C6H10NS. The Morgan fingerprint density at radius 2 is 2.62 bits per heavy atom. The molecule has 0 aromatic carbocycles. The summed E-state index contributed by atoms with van der Waals surface area (Å²) in [5, 5.41) is 6.00. The Morgan fingerprint density at radius 3 is 3.38 bits per heavy atom. The fourth-order valence-corrected chi connectivity index (χ4v) is 2.65. The summed E-state index contributed by atoms with van der Waals surface area (Å²) in [7, 11) is 0. The van der Waals surface area contributed by atoms with Gasteiger partial charge in [-0.3, -0.25) is 0 Å². The molecule has 2 saturated heterocycles. The van der Waals surface area contributed by atoms with Crippen LogP contribution in [0.2, 0.25) is 0 Å². The second kappa shape index (κ2) is 1.92. The lowest BCUT2D eigenvalue weighted by Crippen LogP contribution is -2.28. The number of hydrogen-bond acceptors (Lipinski definition) is 2. The van der Waals surface area contributed by atoms with Gasteiger partial charge in [-0.15, -0.1) is 11.8 Å². The molecule has 2 rings (SSSR count). The Hall–Kier alpha value is 0.310. The summed E-state index contributed by atoms with van der Waals surface area (Å²) in [6.45, 7) is 2.43. The van der Waals surface area contributed by atoms with Gasteiger partial charge in [-0.1, -0.05) is 0 Å². The summed E-state index contributed by atoms with van der Waals surface area (Å²) in [5.41, 5.74) is 0. The zero-order valence-corrected chi connectivity index (χ0v) is 5.63.